The fraction of sp³-hybridized carbons (Fsp3) is 0.700. The van der Waals surface area contributed by atoms with E-state index < -0.39 is 0 Å². The van der Waals surface area contributed by atoms with Crippen molar-refractivity contribution in [3.63, 3.8) is 0 Å². The molecule has 1 aromatic carbocycles. The summed E-state index contributed by atoms with van der Waals surface area (Å²) in [5.41, 5.74) is 9.02. The van der Waals surface area contributed by atoms with Gasteiger partial charge in [-0.05, 0) is 80.3 Å². The van der Waals surface area contributed by atoms with Crippen LogP contribution in [0.15, 0.2) is 0 Å². The van der Waals surface area contributed by atoms with E-state index >= 15 is 0 Å². The zero-order valence-electron chi connectivity index (χ0n) is 14.5. The maximum absolute atomic E-state index is 4.04. The Labute approximate surface area is 139 Å². The molecule has 0 nitrogen and oxygen atoms in total. The fourth-order valence-electron chi connectivity index (χ4n) is 4.01. The van der Waals surface area contributed by atoms with E-state index in [1.54, 1.807) is 5.56 Å². The van der Waals surface area contributed by atoms with Crippen LogP contribution < -0.4 is 0 Å². The van der Waals surface area contributed by atoms with E-state index in [0.717, 1.165) is 5.92 Å². The Balaban J connectivity index is 2.24. The van der Waals surface area contributed by atoms with Crippen molar-refractivity contribution in [1.29, 1.82) is 0 Å². The van der Waals surface area contributed by atoms with E-state index in [4.69, 9.17) is 0 Å². The Kier molecular flexibility index (Phi) is 5.94. The largest absolute Gasteiger partial charge is 0.0838 e. The monoisotopic (exact) mass is 350 g/mol. The van der Waals surface area contributed by atoms with E-state index in [0.29, 0.717) is 4.83 Å². The smallest absolute Gasteiger partial charge is 0.0403 e. The predicted molar refractivity (Wildman–Crippen MR) is 97.6 cm³/mol. The molecule has 0 heterocycles. The van der Waals surface area contributed by atoms with Gasteiger partial charge in [0, 0.05) is 4.83 Å². The minimum atomic E-state index is 0.526. The molecule has 0 N–H and O–H groups in total. The first kappa shape index (κ1) is 17.1. The maximum Gasteiger partial charge on any atom is 0.0403 e. The topological polar surface area (TPSA) is 0 Å². The third-order valence-electron chi connectivity index (χ3n) is 5.89. The summed E-state index contributed by atoms with van der Waals surface area (Å²) in [6, 6.07) is 0. The van der Waals surface area contributed by atoms with Crippen LogP contribution in [-0.4, -0.2) is 0 Å². The number of halogens is 1. The third kappa shape index (κ3) is 3.73. The maximum atomic E-state index is 4.04. The summed E-state index contributed by atoms with van der Waals surface area (Å²) in [5, 5.41) is 0. The number of alkyl halides is 1. The summed E-state index contributed by atoms with van der Waals surface area (Å²) in [6.45, 7) is 11.5. The molecule has 0 saturated heterocycles. The zero-order valence-corrected chi connectivity index (χ0v) is 16.1. The molecule has 0 aliphatic heterocycles. The van der Waals surface area contributed by atoms with Gasteiger partial charge in [-0.15, -0.1) is 0 Å². The van der Waals surface area contributed by atoms with Gasteiger partial charge in [-0.25, -0.2) is 0 Å². The fourth-order valence-corrected chi connectivity index (χ4v) is 5.22. The van der Waals surface area contributed by atoms with Crippen molar-refractivity contribution >= 4 is 15.9 Å². The van der Waals surface area contributed by atoms with Crippen LogP contribution in [0.25, 0.3) is 0 Å². The van der Waals surface area contributed by atoms with E-state index in [1.807, 2.05) is 0 Å². The van der Waals surface area contributed by atoms with Crippen LogP contribution in [0.4, 0.5) is 0 Å². The summed E-state index contributed by atoms with van der Waals surface area (Å²) < 4.78 is 0. The van der Waals surface area contributed by atoms with Crippen LogP contribution in [0.2, 0.25) is 0 Å². The van der Waals surface area contributed by atoms with Crippen molar-refractivity contribution in [2.75, 3.05) is 0 Å². The minimum absolute atomic E-state index is 0.526. The molecule has 0 amide bonds. The van der Waals surface area contributed by atoms with E-state index in [2.05, 4.69) is 50.5 Å². The highest BCUT2D eigenvalue weighted by atomic mass is 79.9. The van der Waals surface area contributed by atoms with Gasteiger partial charge < -0.3 is 0 Å². The van der Waals surface area contributed by atoms with Crippen LogP contribution in [0, 0.1) is 40.5 Å². The van der Waals surface area contributed by atoms with Gasteiger partial charge in [-0.1, -0.05) is 54.5 Å². The molecule has 21 heavy (non-hydrogen) atoms. The van der Waals surface area contributed by atoms with Gasteiger partial charge >= 0.3 is 0 Å². The first-order valence-electron chi connectivity index (χ1n) is 8.64. The molecule has 0 radical (unpaired) electrons. The minimum Gasteiger partial charge on any atom is -0.0838 e. The molecule has 1 aromatic rings. The molecular weight excluding hydrogens is 320 g/mol. The Bertz CT molecular complexity index is 464. The van der Waals surface area contributed by atoms with Crippen LogP contribution in [-0.2, 0) is 0 Å². The first-order valence-corrected chi connectivity index (χ1v) is 9.56. The molecule has 1 fully saturated rings. The molecule has 1 heteroatoms. The molecule has 2 rings (SSSR count). The Hall–Kier alpha value is -0.300. The van der Waals surface area contributed by atoms with E-state index in [-0.39, 0.29) is 0 Å². The average molecular weight is 351 g/mol. The van der Waals surface area contributed by atoms with Crippen molar-refractivity contribution in [3.05, 3.63) is 33.4 Å². The van der Waals surface area contributed by atoms with Crippen molar-refractivity contribution in [2.24, 2.45) is 5.92 Å². The first-order chi connectivity index (χ1) is 9.93. The highest BCUT2D eigenvalue weighted by Gasteiger charge is 2.22. The predicted octanol–water partition coefficient (Wildman–Crippen LogP) is 7.03. The average Bonchev–Trinajstić information content (AvgIpc) is 2.72. The molecule has 1 unspecified atom stereocenters. The summed E-state index contributed by atoms with van der Waals surface area (Å²) in [6.07, 6.45) is 9.95. The number of hydrogen-bond donors (Lipinski definition) is 0. The summed E-state index contributed by atoms with van der Waals surface area (Å²) >= 11 is 4.04. The van der Waals surface area contributed by atoms with E-state index in [1.165, 1.54) is 72.8 Å². The second kappa shape index (κ2) is 7.31. The van der Waals surface area contributed by atoms with Crippen LogP contribution in [0.3, 0.4) is 0 Å². The van der Waals surface area contributed by atoms with Gasteiger partial charge in [0.2, 0.25) is 0 Å². The number of rotatable bonds is 3. The Morgan fingerprint density at radius 3 is 1.67 bits per heavy atom. The number of hydrogen-bond acceptors (Lipinski definition) is 0. The standard InChI is InChI=1S/C20H31Br/c1-13-14(2)16(4)20(17(5)15(13)3)19(21)12-18-10-8-6-7-9-11-18/h18-19H,6-12H2,1-5H3. The molecule has 1 aliphatic rings. The zero-order chi connectivity index (χ0) is 15.6. The van der Waals surface area contributed by atoms with Gasteiger partial charge in [0.1, 0.15) is 0 Å². The molecule has 0 bridgehead atoms. The SMILES string of the molecule is Cc1c(C)c(C)c(C(Br)CC2CCCCCC2)c(C)c1C. The molecule has 1 aliphatic carbocycles. The lowest BCUT2D eigenvalue weighted by Gasteiger charge is -2.25. The second-order valence-corrected chi connectivity index (χ2v) is 8.20. The van der Waals surface area contributed by atoms with E-state index in [9.17, 15) is 0 Å². The van der Waals surface area contributed by atoms with Gasteiger partial charge in [-0.2, -0.15) is 0 Å². The van der Waals surface area contributed by atoms with Gasteiger partial charge in [0.15, 0.2) is 0 Å². The normalized spacial score (nSPS) is 18.6. The summed E-state index contributed by atoms with van der Waals surface area (Å²) in [7, 11) is 0. The molecule has 0 aromatic heterocycles. The highest BCUT2D eigenvalue weighted by molar-refractivity contribution is 9.09. The van der Waals surface area contributed by atoms with Gasteiger partial charge in [0.05, 0.1) is 0 Å². The van der Waals surface area contributed by atoms with Crippen LogP contribution in [0.1, 0.15) is 83.2 Å². The van der Waals surface area contributed by atoms with Gasteiger partial charge in [0.25, 0.3) is 0 Å². The van der Waals surface area contributed by atoms with Crippen molar-refractivity contribution in [1.82, 2.24) is 0 Å². The molecular formula is C20H31Br. The molecule has 118 valence electrons. The lowest BCUT2D eigenvalue weighted by Crippen LogP contribution is -2.09. The molecule has 1 atom stereocenters. The molecule has 0 spiro atoms. The van der Waals surface area contributed by atoms with Crippen molar-refractivity contribution in [2.45, 2.75) is 84.4 Å². The van der Waals surface area contributed by atoms with Crippen molar-refractivity contribution < 1.29 is 0 Å². The van der Waals surface area contributed by atoms with Crippen LogP contribution in [0.5, 0.6) is 0 Å². The second-order valence-electron chi connectivity index (χ2n) is 7.10. The lowest BCUT2D eigenvalue weighted by atomic mass is 9.85. The summed E-state index contributed by atoms with van der Waals surface area (Å²) in [4.78, 5) is 0.526. The highest BCUT2D eigenvalue weighted by Crippen LogP contribution is 2.40. The van der Waals surface area contributed by atoms with Crippen LogP contribution >= 0.6 is 15.9 Å². The molecule has 1 saturated carbocycles. The Morgan fingerprint density at radius 2 is 1.19 bits per heavy atom. The Morgan fingerprint density at radius 1 is 0.762 bits per heavy atom. The van der Waals surface area contributed by atoms with Crippen molar-refractivity contribution in [3.8, 4) is 0 Å². The number of benzene rings is 1. The summed E-state index contributed by atoms with van der Waals surface area (Å²) in [5.74, 6) is 0.914. The van der Waals surface area contributed by atoms with Gasteiger partial charge in [-0.3, -0.25) is 0 Å². The quantitative estimate of drug-likeness (QED) is 0.405. The lowest BCUT2D eigenvalue weighted by molar-refractivity contribution is 0.426. The third-order valence-corrected chi connectivity index (χ3v) is 6.72.